The van der Waals surface area contributed by atoms with E-state index in [-0.39, 0.29) is 17.7 Å². The average molecular weight is 284 g/mol. The highest BCUT2D eigenvalue weighted by molar-refractivity contribution is 5.83. The van der Waals surface area contributed by atoms with Crippen LogP contribution < -0.4 is 5.73 Å². The maximum Gasteiger partial charge on any atom is 0.305 e. The molecule has 0 heterocycles. The largest absolute Gasteiger partial charge is 0.481 e. The summed E-state index contributed by atoms with van der Waals surface area (Å²) in [5.41, 5.74) is 5.16. The third-order valence-electron chi connectivity index (χ3n) is 4.51. The summed E-state index contributed by atoms with van der Waals surface area (Å²) in [6.07, 6.45) is 4.54. The molecule has 20 heavy (non-hydrogen) atoms. The zero-order chi connectivity index (χ0) is 15.6. The van der Waals surface area contributed by atoms with Crippen LogP contribution in [0, 0.1) is 5.41 Å². The summed E-state index contributed by atoms with van der Waals surface area (Å²) in [6.45, 7) is 5.77. The molecular formula is C15H28N2O3. The predicted octanol–water partition coefficient (Wildman–Crippen LogP) is 2.00. The highest BCUT2D eigenvalue weighted by Crippen LogP contribution is 2.37. The van der Waals surface area contributed by atoms with Crippen molar-refractivity contribution >= 4 is 11.9 Å². The van der Waals surface area contributed by atoms with Crippen LogP contribution in [0.3, 0.4) is 0 Å². The number of carbonyl (C=O) groups excluding carboxylic acids is 1. The molecule has 0 aliphatic heterocycles. The summed E-state index contributed by atoms with van der Waals surface area (Å²) in [5.74, 6) is -1.00. The fraction of sp³-hybridized carbons (Fsp3) is 0.867. The molecule has 0 spiro atoms. The Kier molecular flexibility index (Phi) is 5.19. The number of nitrogens with two attached hydrogens (primary N) is 1. The van der Waals surface area contributed by atoms with Crippen molar-refractivity contribution in [3.63, 3.8) is 0 Å². The van der Waals surface area contributed by atoms with E-state index < -0.39 is 17.6 Å². The molecule has 5 heteroatoms. The minimum atomic E-state index is -0.851. The van der Waals surface area contributed by atoms with Gasteiger partial charge >= 0.3 is 5.97 Å². The topological polar surface area (TPSA) is 83.6 Å². The number of likely N-dealkylation sites (N-methyl/N-ethyl adjacent to an activating group) is 1. The quantitative estimate of drug-likeness (QED) is 0.827. The average Bonchev–Trinajstić information content (AvgIpc) is 2.35. The fourth-order valence-electron chi connectivity index (χ4n) is 2.93. The second-order valence-electron chi connectivity index (χ2n) is 7.10. The first-order valence-corrected chi connectivity index (χ1v) is 7.35. The lowest BCUT2D eigenvalue weighted by Gasteiger charge is -2.45. The van der Waals surface area contributed by atoms with Crippen molar-refractivity contribution in [3.8, 4) is 0 Å². The van der Waals surface area contributed by atoms with Gasteiger partial charge in [0.25, 0.3) is 0 Å². The second-order valence-corrected chi connectivity index (χ2v) is 7.10. The van der Waals surface area contributed by atoms with Gasteiger partial charge in [0, 0.05) is 7.05 Å². The lowest BCUT2D eigenvalue weighted by atomic mass is 9.77. The number of carboxylic acid groups (broad SMARTS) is 1. The molecule has 1 rings (SSSR count). The van der Waals surface area contributed by atoms with E-state index in [0.29, 0.717) is 0 Å². The highest BCUT2D eigenvalue weighted by Gasteiger charge is 2.43. The monoisotopic (exact) mass is 284 g/mol. The molecule has 0 aromatic carbocycles. The Morgan fingerprint density at radius 3 is 2.15 bits per heavy atom. The molecule has 0 aromatic heterocycles. The van der Waals surface area contributed by atoms with Gasteiger partial charge in [0.05, 0.1) is 18.0 Å². The molecule has 1 fully saturated rings. The Bertz CT molecular complexity index is 368. The Morgan fingerprint density at radius 2 is 1.75 bits per heavy atom. The van der Waals surface area contributed by atoms with Gasteiger partial charge in [0.1, 0.15) is 0 Å². The van der Waals surface area contributed by atoms with E-state index >= 15 is 0 Å². The van der Waals surface area contributed by atoms with Crippen LogP contribution in [0.15, 0.2) is 0 Å². The Hall–Kier alpha value is -1.10. The first kappa shape index (κ1) is 17.0. The summed E-state index contributed by atoms with van der Waals surface area (Å²) in [5, 5.41) is 9.19. The van der Waals surface area contributed by atoms with Crippen LogP contribution >= 0.6 is 0 Å². The number of nitrogens with zero attached hydrogens (tertiary/aromatic N) is 1. The van der Waals surface area contributed by atoms with Crippen molar-refractivity contribution in [1.82, 2.24) is 4.90 Å². The van der Waals surface area contributed by atoms with Gasteiger partial charge in [-0.2, -0.15) is 0 Å². The van der Waals surface area contributed by atoms with Crippen LogP contribution in [0.5, 0.6) is 0 Å². The van der Waals surface area contributed by atoms with Gasteiger partial charge in [-0.05, 0) is 18.3 Å². The van der Waals surface area contributed by atoms with Crippen molar-refractivity contribution in [1.29, 1.82) is 0 Å². The van der Waals surface area contributed by atoms with Crippen LogP contribution in [0.1, 0.15) is 59.3 Å². The van der Waals surface area contributed by atoms with Gasteiger partial charge in [-0.3, -0.25) is 9.59 Å². The van der Waals surface area contributed by atoms with E-state index in [9.17, 15) is 14.7 Å². The van der Waals surface area contributed by atoms with Crippen molar-refractivity contribution in [2.75, 3.05) is 7.05 Å². The fourth-order valence-corrected chi connectivity index (χ4v) is 2.93. The highest BCUT2D eigenvalue weighted by atomic mass is 16.4. The zero-order valence-corrected chi connectivity index (χ0v) is 13.1. The summed E-state index contributed by atoms with van der Waals surface area (Å²) >= 11 is 0. The Balaban J connectivity index is 2.96. The second kappa shape index (κ2) is 6.12. The van der Waals surface area contributed by atoms with Crippen LogP contribution in [0.4, 0.5) is 0 Å². The summed E-state index contributed by atoms with van der Waals surface area (Å²) in [7, 11) is 1.71. The van der Waals surface area contributed by atoms with Crippen molar-refractivity contribution in [3.05, 3.63) is 0 Å². The zero-order valence-electron chi connectivity index (χ0n) is 13.1. The number of aliphatic carboxylic acids is 1. The molecular weight excluding hydrogens is 256 g/mol. The number of carboxylic acids is 1. The van der Waals surface area contributed by atoms with E-state index in [1.165, 1.54) is 0 Å². The molecule has 5 nitrogen and oxygen atoms in total. The van der Waals surface area contributed by atoms with E-state index in [2.05, 4.69) is 0 Å². The maximum absolute atomic E-state index is 12.6. The van der Waals surface area contributed by atoms with Crippen LogP contribution in [-0.2, 0) is 9.59 Å². The van der Waals surface area contributed by atoms with E-state index in [4.69, 9.17) is 5.73 Å². The van der Waals surface area contributed by atoms with E-state index in [0.717, 1.165) is 32.1 Å². The van der Waals surface area contributed by atoms with Crippen LogP contribution in [-0.4, -0.2) is 40.5 Å². The molecule has 1 amide bonds. The van der Waals surface area contributed by atoms with E-state index in [1.807, 2.05) is 20.8 Å². The molecule has 3 N–H and O–H groups in total. The Labute approximate surface area is 121 Å². The molecule has 0 unspecified atom stereocenters. The Morgan fingerprint density at radius 1 is 1.25 bits per heavy atom. The van der Waals surface area contributed by atoms with E-state index in [1.54, 1.807) is 11.9 Å². The maximum atomic E-state index is 12.6. The third kappa shape index (κ3) is 3.72. The standard InChI is InChI=1S/C15H28N2O3/c1-14(2,3)12(16)13(20)17(4)15(10-11(18)19)8-6-5-7-9-15/h12H,5-10,16H2,1-4H3,(H,18,19)/t12-/m0/s1. The molecule has 1 atom stereocenters. The van der Waals surface area contributed by atoms with Gasteiger partial charge in [0.15, 0.2) is 0 Å². The first-order valence-electron chi connectivity index (χ1n) is 7.35. The number of carbonyl (C=O) groups is 2. The number of amides is 1. The predicted molar refractivity (Wildman–Crippen MR) is 78.3 cm³/mol. The lowest BCUT2D eigenvalue weighted by molar-refractivity contribution is -0.147. The molecule has 0 bridgehead atoms. The number of rotatable bonds is 4. The SMILES string of the molecule is CN(C(=O)[C@H](N)C(C)(C)C)C1(CC(=O)O)CCCCC1. The van der Waals surface area contributed by atoms with Gasteiger partial charge in [-0.1, -0.05) is 40.0 Å². The molecule has 1 aliphatic rings. The number of hydrogen-bond donors (Lipinski definition) is 2. The van der Waals surface area contributed by atoms with Gasteiger partial charge in [-0.25, -0.2) is 0 Å². The van der Waals surface area contributed by atoms with Crippen LogP contribution in [0.25, 0.3) is 0 Å². The number of hydrogen-bond acceptors (Lipinski definition) is 3. The molecule has 0 radical (unpaired) electrons. The molecule has 1 aliphatic carbocycles. The summed E-state index contributed by atoms with van der Waals surface area (Å²) < 4.78 is 0. The lowest BCUT2D eigenvalue weighted by Crippen LogP contribution is -2.58. The molecule has 116 valence electrons. The minimum absolute atomic E-state index is 0.00605. The van der Waals surface area contributed by atoms with Crippen molar-refractivity contribution < 1.29 is 14.7 Å². The first-order chi connectivity index (χ1) is 9.10. The summed E-state index contributed by atoms with van der Waals surface area (Å²) in [6, 6.07) is -0.611. The van der Waals surface area contributed by atoms with Gasteiger partial charge < -0.3 is 15.7 Å². The van der Waals surface area contributed by atoms with Gasteiger partial charge in [-0.15, -0.1) is 0 Å². The van der Waals surface area contributed by atoms with Crippen molar-refractivity contribution in [2.24, 2.45) is 11.1 Å². The smallest absolute Gasteiger partial charge is 0.305 e. The van der Waals surface area contributed by atoms with Crippen molar-refractivity contribution in [2.45, 2.75) is 70.9 Å². The molecule has 0 saturated heterocycles. The van der Waals surface area contributed by atoms with Gasteiger partial charge in [0.2, 0.25) is 5.91 Å². The van der Waals surface area contributed by atoms with Crippen LogP contribution in [0.2, 0.25) is 0 Å². The normalized spacial score (nSPS) is 20.2. The molecule has 1 saturated carbocycles. The molecule has 0 aromatic rings. The third-order valence-corrected chi connectivity index (χ3v) is 4.51. The summed E-state index contributed by atoms with van der Waals surface area (Å²) in [4.78, 5) is 25.4. The minimum Gasteiger partial charge on any atom is -0.481 e.